The maximum Gasteiger partial charge on any atom is 0.127 e. The van der Waals surface area contributed by atoms with Crippen molar-refractivity contribution in [2.45, 2.75) is 26.3 Å². The number of nitrogens with zero attached hydrogens (tertiary/aromatic N) is 1. The molecule has 0 heterocycles. The van der Waals surface area contributed by atoms with Crippen molar-refractivity contribution < 1.29 is 4.74 Å². The Hall–Kier alpha value is -1.03. The van der Waals surface area contributed by atoms with Gasteiger partial charge in [0.2, 0.25) is 0 Å². The molecule has 0 unspecified atom stereocenters. The molecular weight excluding hydrogens is 268 g/mol. The molecule has 0 saturated heterocycles. The van der Waals surface area contributed by atoms with Crippen molar-refractivity contribution in [1.82, 2.24) is 5.43 Å². The number of ether oxygens (including phenoxy) is 1. The summed E-state index contributed by atoms with van der Waals surface area (Å²) >= 11 is 3.42. The number of hydrogen-bond donors (Lipinski definition) is 1. The Bertz CT molecular complexity index is 383. The summed E-state index contributed by atoms with van der Waals surface area (Å²) in [6.07, 6.45) is 1.76. The molecule has 3 nitrogen and oxygen atoms in total. The molecule has 0 aliphatic rings. The zero-order valence-electron chi connectivity index (χ0n) is 10.0. The first-order valence-corrected chi connectivity index (χ1v) is 5.85. The first kappa shape index (κ1) is 13.0. The van der Waals surface area contributed by atoms with Crippen molar-refractivity contribution >= 4 is 22.1 Å². The van der Waals surface area contributed by atoms with Crippen molar-refractivity contribution in [3.05, 3.63) is 28.2 Å². The second kappa shape index (κ2) is 5.34. The summed E-state index contributed by atoms with van der Waals surface area (Å²) in [7, 11) is 1.65. The molecule has 88 valence electrons. The molecule has 1 N–H and O–H groups in total. The van der Waals surface area contributed by atoms with E-state index in [1.165, 1.54) is 0 Å². The van der Waals surface area contributed by atoms with Gasteiger partial charge in [-0.25, -0.2) is 0 Å². The summed E-state index contributed by atoms with van der Waals surface area (Å²) in [4.78, 5) is 0. The van der Waals surface area contributed by atoms with Crippen molar-refractivity contribution in [3.8, 4) is 5.75 Å². The lowest BCUT2D eigenvalue weighted by Crippen LogP contribution is -2.31. The van der Waals surface area contributed by atoms with Gasteiger partial charge in [-0.05, 0) is 39.0 Å². The van der Waals surface area contributed by atoms with E-state index in [2.05, 4.69) is 47.2 Å². The molecule has 1 aromatic carbocycles. The van der Waals surface area contributed by atoms with Gasteiger partial charge in [0.1, 0.15) is 5.75 Å². The standard InChI is InChI=1S/C12H17BrN2O/c1-12(2,3)15-14-8-9-7-10(13)5-6-11(9)16-4/h5-8,15H,1-4H3. The topological polar surface area (TPSA) is 33.6 Å². The molecule has 1 rings (SSSR count). The van der Waals surface area contributed by atoms with Crippen LogP contribution < -0.4 is 10.2 Å². The molecule has 0 amide bonds. The average Bonchev–Trinajstić information content (AvgIpc) is 2.16. The summed E-state index contributed by atoms with van der Waals surface area (Å²) in [5, 5.41) is 4.19. The van der Waals surface area contributed by atoms with Gasteiger partial charge in [0.25, 0.3) is 0 Å². The molecule has 0 aliphatic carbocycles. The minimum absolute atomic E-state index is 0.0320. The van der Waals surface area contributed by atoms with Crippen LogP contribution in [0.3, 0.4) is 0 Å². The first-order valence-electron chi connectivity index (χ1n) is 5.06. The molecule has 0 radical (unpaired) electrons. The van der Waals surface area contributed by atoms with Gasteiger partial charge in [-0.2, -0.15) is 5.10 Å². The van der Waals surface area contributed by atoms with Gasteiger partial charge in [0, 0.05) is 15.6 Å². The summed E-state index contributed by atoms with van der Waals surface area (Å²) in [5.41, 5.74) is 3.95. The van der Waals surface area contributed by atoms with Crippen molar-refractivity contribution in [3.63, 3.8) is 0 Å². The van der Waals surface area contributed by atoms with Crippen molar-refractivity contribution in [2.24, 2.45) is 5.10 Å². The highest BCUT2D eigenvalue weighted by molar-refractivity contribution is 9.10. The van der Waals surface area contributed by atoms with E-state index in [1.54, 1.807) is 13.3 Å². The molecule has 0 spiro atoms. The van der Waals surface area contributed by atoms with Crippen LogP contribution in [-0.2, 0) is 0 Å². The highest BCUT2D eigenvalue weighted by Gasteiger charge is 2.06. The Morgan fingerprint density at radius 2 is 2.06 bits per heavy atom. The number of hydrazone groups is 1. The van der Waals surface area contributed by atoms with Crippen LogP contribution >= 0.6 is 15.9 Å². The van der Waals surface area contributed by atoms with E-state index in [1.807, 2.05) is 18.2 Å². The molecule has 0 bridgehead atoms. The largest absolute Gasteiger partial charge is 0.496 e. The molecular formula is C12H17BrN2O. The van der Waals surface area contributed by atoms with Gasteiger partial charge >= 0.3 is 0 Å². The van der Waals surface area contributed by atoms with Crippen LogP contribution in [0.5, 0.6) is 5.75 Å². The molecule has 4 heteroatoms. The van der Waals surface area contributed by atoms with E-state index in [4.69, 9.17) is 4.74 Å². The fraction of sp³-hybridized carbons (Fsp3) is 0.417. The smallest absolute Gasteiger partial charge is 0.127 e. The number of hydrogen-bond acceptors (Lipinski definition) is 3. The van der Waals surface area contributed by atoms with Gasteiger partial charge in [-0.3, -0.25) is 0 Å². The highest BCUT2D eigenvalue weighted by Crippen LogP contribution is 2.21. The van der Waals surface area contributed by atoms with Gasteiger partial charge in [0.15, 0.2) is 0 Å². The normalized spacial score (nSPS) is 11.8. The monoisotopic (exact) mass is 284 g/mol. The Morgan fingerprint density at radius 1 is 1.38 bits per heavy atom. The third-order valence-corrected chi connectivity index (χ3v) is 2.29. The van der Waals surface area contributed by atoms with Crippen LogP contribution in [0, 0.1) is 0 Å². The van der Waals surface area contributed by atoms with Crippen LogP contribution in [0.15, 0.2) is 27.8 Å². The van der Waals surface area contributed by atoms with E-state index in [-0.39, 0.29) is 5.54 Å². The summed E-state index contributed by atoms with van der Waals surface area (Å²) in [6.45, 7) is 6.17. The SMILES string of the molecule is COc1ccc(Br)cc1C=NNC(C)(C)C. The zero-order chi connectivity index (χ0) is 12.2. The summed E-state index contributed by atoms with van der Waals surface area (Å²) in [5.74, 6) is 0.808. The predicted molar refractivity (Wildman–Crippen MR) is 71.2 cm³/mol. The van der Waals surface area contributed by atoms with E-state index >= 15 is 0 Å². The van der Waals surface area contributed by atoms with E-state index in [0.29, 0.717) is 0 Å². The minimum atomic E-state index is -0.0320. The third-order valence-electron chi connectivity index (χ3n) is 1.80. The van der Waals surface area contributed by atoms with Gasteiger partial charge in [-0.15, -0.1) is 0 Å². The number of rotatable bonds is 3. The number of nitrogens with one attached hydrogen (secondary N) is 1. The summed E-state index contributed by atoms with van der Waals surface area (Å²) < 4.78 is 6.25. The van der Waals surface area contributed by atoms with Gasteiger partial charge < -0.3 is 10.2 Å². The third kappa shape index (κ3) is 4.23. The predicted octanol–water partition coefficient (Wildman–Crippen LogP) is 3.18. The second-order valence-electron chi connectivity index (χ2n) is 4.51. The lowest BCUT2D eigenvalue weighted by atomic mass is 10.1. The Labute approximate surface area is 105 Å². The van der Waals surface area contributed by atoms with Crippen LogP contribution in [0.4, 0.5) is 0 Å². The quantitative estimate of drug-likeness (QED) is 0.683. The van der Waals surface area contributed by atoms with Crippen LogP contribution in [0.1, 0.15) is 26.3 Å². The molecule has 0 saturated carbocycles. The second-order valence-corrected chi connectivity index (χ2v) is 5.42. The lowest BCUT2D eigenvalue weighted by molar-refractivity contribution is 0.413. The molecule has 16 heavy (non-hydrogen) atoms. The number of benzene rings is 1. The Kier molecular flexibility index (Phi) is 4.35. The number of halogens is 1. The van der Waals surface area contributed by atoms with Crippen molar-refractivity contribution in [1.29, 1.82) is 0 Å². The zero-order valence-corrected chi connectivity index (χ0v) is 11.6. The molecule has 1 aromatic rings. The fourth-order valence-corrected chi connectivity index (χ4v) is 1.48. The van der Waals surface area contributed by atoms with Crippen LogP contribution in [-0.4, -0.2) is 18.9 Å². The highest BCUT2D eigenvalue weighted by atomic mass is 79.9. The Balaban J connectivity index is 2.83. The maximum absolute atomic E-state index is 5.24. The maximum atomic E-state index is 5.24. The molecule has 0 fully saturated rings. The lowest BCUT2D eigenvalue weighted by Gasteiger charge is -2.17. The van der Waals surface area contributed by atoms with Gasteiger partial charge in [0.05, 0.1) is 13.3 Å². The van der Waals surface area contributed by atoms with E-state index in [9.17, 15) is 0 Å². The Morgan fingerprint density at radius 3 is 2.62 bits per heavy atom. The fourth-order valence-electron chi connectivity index (χ4n) is 1.10. The molecule has 0 aliphatic heterocycles. The summed E-state index contributed by atoms with van der Waals surface area (Å²) in [6, 6.07) is 5.81. The molecule has 0 aromatic heterocycles. The van der Waals surface area contributed by atoms with Gasteiger partial charge in [-0.1, -0.05) is 15.9 Å². The minimum Gasteiger partial charge on any atom is -0.496 e. The van der Waals surface area contributed by atoms with Crippen LogP contribution in [0.2, 0.25) is 0 Å². The van der Waals surface area contributed by atoms with E-state index in [0.717, 1.165) is 15.8 Å². The molecule has 0 atom stereocenters. The van der Waals surface area contributed by atoms with Crippen LogP contribution in [0.25, 0.3) is 0 Å². The van der Waals surface area contributed by atoms with E-state index < -0.39 is 0 Å². The first-order chi connectivity index (χ1) is 7.42. The van der Waals surface area contributed by atoms with Crippen molar-refractivity contribution in [2.75, 3.05) is 7.11 Å². The average molecular weight is 285 g/mol. The number of methoxy groups -OCH3 is 1.